The smallest absolute Gasteiger partial charge is 0.328 e. The van der Waals surface area contributed by atoms with Crippen LogP contribution in [-0.2, 0) is 18.4 Å². The number of thiazole rings is 1. The van der Waals surface area contributed by atoms with E-state index in [1.807, 2.05) is 42.5 Å². The lowest BCUT2D eigenvalue weighted by molar-refractivity contribution is -0.116. The monoisotopic (exact) mass is 382 g/mol. The van der Waals surface area contributed by atoms with Crippen molar-refractivity contribution in [2.45, 2.75) is 13.0 Å². The summed E-state index contributed by atoms with van der Waals surface area (Å²) < 4.78 is 9.45. The van der Waals surface area contributed by atoms with E-state index in [0.29, 0.717) is 17.4 Å². The number of aryl methyl sites for hydroxylation is 2. The third-order valence-electron chi connectivity index (χ3n) is 4.46. The fourth-order valence-electron chi connectivity index (χ4n) is 3.12. The van der Waals surface area contributed by atoms with Gasteiger partial charge in [-0.1, -0.05) is 29.5 Å². The highest BCUT2D eigenvalue weighted by atomic mass is 32.1. The quantitative estimate of drug-likeness (QED) is 0.576. The molecule has 0 atom stereocenters. The molecule has 27 heavy (non-hydrogen) atoms. The van der Waals surface area contributed by atoms with Crippen LogP contribution in [0.5, 0.6) is 5.75 Å². The number of carbonyl (C=O) groups is 1. The number of imidazole rings is 1. The molecule has 0 fully saturated rings. The predicted octanol–water partition coefficient (Wildman–Crippen LogP) is 2.99. The van der Waals surface area contributed by atoms with Crippen molar-refractivity contribution in [3.8, 4) is 5.75 Å². The van der Waals surface area contributed by atoms with Crippen molar-refractivity contribution in [1.29, 1.82) is 0 Å². The van der Waals surface area contributed by atoms with Crippen molar-refractivity contribution in [1.82, 2.24) is 14.1 Å². The molecule has 0 radical (unpaired) electrons. The Hall–Kier alpha value is -3.13. The minimum atomic E-state index is -0.187. The Labute approximate surface area is 158 Å². The molecule has 0 bridgehead atoms. The summed E-state index contributed by atoms with van der Waals surface area (Å²) in [7, 11) is 3.32. The second kappa shape index (κ2) is 6.88. The van der Waals surface area contributed by atoms with E-state index in [4.69, 9.17) is 4.74 Å². The summed E-state index contributed by atoms with van der Waals surface area (Å²) in [6.07, 6.45) is 0.182. The number of nitrogens with one attached hydrogen (secondary N) is 1. The Bertz CT molecular complexity index is 1200. The van der Waals surface area contributed by atoms with Gasteiger partial charge in [0.1, 0.15) is 11.3 Å². The lowest BCUT2D eigenvalue weighted by Crippen LogP contribution is -2.24. The van der Waals surface area contributed by atoms with Gasteiger partial charge in [-0.3, -0.25) is 13.9 Å². The summed E-state index contributed by atoms with van der Waals surface area (Å²) in [5.41, 5.74) is 2.27. The number of hydrogen-bond donors (Lipinski definition) is 1. The first kappa shape index (κ1) is 17.3. The van der Waals surface area contributed by atoms with Gasteiger partial charge in [0.05, 0.1) is 22.8 Å². The molecule has 4 aromatic rings. The highest BCUT2D eigenvalue weighted by Crippen LogP contribution is 2.32. The third kappa shape index (κ3) is 3.08. The number of benzene rings is 2. The lowest BCUT2D eigenvalue weighted by Gasteiger charge is -2.03. The second-order valence-electron chi connectivity index (χ2n) is 6.11. The number of aromatic nitrogens is 3. The Morgan fingerprint density at radius 2 is 1.96 bits per heavy atom. The van der Waals surface area contributed by atoms with E-state index in [1.165, 1.54) is 11.3 Å². The van der Waals surface area contributed by atoms with Gasteiger partial charge < -0.3 is 10.1 Å². The fraction of sp³-hybridized carbons (Fsp3) is 0.211. The van der Waals surface area contributed by atoms with Gasteiger partial charge in [0, 0.05) is 20.0 Å². The highest BCUT2D eigenvalue weighted by molar-refractivity contribution is 7.22. The minimum Gasteiger partial charge on any atom is -0.494 e. The van der Waals surface area contributed by atoms with Gasteiger partial charge in [0.2, 0.25) is 5.91 Å². The van der Waals surface area contributed by atoms with Crippen LogP contribution in [-0.4, -0.2) is 27.1 Å². The summed E-state index contributed by atoms with van der Waals surface area (Å²) in [4.78, 5) is 29.2. The standard InChI is InChI=1S/C19H18N4O3S/c1-22-12-6-3-4-7-13(12)23(19(22)25)11-10-16(24)20-18-21-17-14(26-2)8-5-9-15(17)27-18/h3-9H,10-11H2,1-2H3,(H,20,21,24). The molecular weight excluding hydrogens is 364 g/mol. The molecule has 0 aliphatic rings. The van der Waals surface area contributed by atoms with Crippen molar-refractivity contribution in [3.05, 3.63) is 52.9 Å². The maximum atomic E-state index is 12.4. The zero-order valence-electron chi connectivity index (χ0n) is 14.9. The number of anilines is 1. The Morgan fingerprint density at radius 1 is 1.19 bits per heavy atom. The molecule has 2 aromatic carbocycles. The Balaban J connectivity index is 1.51. The summed E-state index contributed by atoms with van der Waals surface area (Å²) in [5, 5.41) is 3.34. The molecule has 0 aliphatic carbocycles. The number of rotatable bonds is 5. The molecule has 0 spiro atoms. The van der Waals surface area contributed by atoms with Crippen LogP contribution in [0.25, 0.3) is 21.3 Å². The van der Waals surface area contributed by atoms with Crippen LogP contribution in [0.1, 0.15) is 6.42 Å². The van der Waals surface area contributed by atoms with Crippen molar-refractivity contribution in [3.63, 3.8) is 0 Å². The zero-order chi connectivity index (χ0) is 19.0. The van der Waals surface area contributed by atoms with Gasteiger partial charge in [0.25, 0.3) is 0 Å². The lowest BCUT2D eigenvalue weighted by atomic mass is 10.3. The van der Waals surface area contributed by atoms with E-state index in [2.05, 4.69) is 10.3 Å². The van der Waals surface area contributed by atoms with Crippen LogP contribution in [0.4, 0.5) is 5.13 Å². The fourth-order valence-corrected chi connectivity index (χ4v) is 4.02. The number of nitrogens with zero attached hydrogens (tertiary/aromatic N) is 3. The summed E-state index contributed by atoms with van der Waals surface area (Å²) in [6.45, 7) is 0.306. The Morgan fingerprint density at radius 3 is 2.74 bits per heavy atom. The maximum Gasteiger partial charge on any atom is 0.328 e. The molecule has 8 heteroatoms. The van der Waals surface area contributed by atoms with Crippen LogP contribution < -0.4 is 15.7 Å². The van der Waals surface area contributed by atoms with Crippen LogP contribution >= 0.6 is 11.3 Å². The minimum absolute atomic E-state index is 0.131. The normalized spacial score (nSPS) is 11.2. The van der Waals surface area contributed by atoms with E-state index >= 15 is 0 Å². The molecule has 0 aliphatic heterocycles. The number of fused-ring (bicyclic) bond motifs is 2. The number of amides is 1. The average molecular weight is 382 g/mol. The molecule has 7 nitrogen and oxygen atoms in total. The highest BCUT2D eigenvalue weighted by Gasteiger charge is 2.14. The molecule has 2 heterocycles. The van der Waals surface area contributed by atoms with Gasteiger partial charge in [-0.15, -0.1) is 0 Å². The second-order valence-corrected chi connectivity index (χ2v) is 7.14. The molecule has 0 saturated heterocycles. The van der Waals surface area contributed by atoms with Gasteiger partial charge in [-0.25, -0.2) is 9.78 Å². The van der Waals surface area contributed by atoms with Crippen LogP contribution in [0.15, 0.2) is 47.3 Å². The number of methoxy groups -OCH3 is 1. The van der Waals surface area contributed by atoms with Gasteiger partial charge >= 0.3 is 5.69 Å². The average Bonchev–Trinajstić information content (AvgIpc) is 3.19. The van der Waals surface area contributed by atoms with E-state index in [1.54, 1.807) is 23.3 Å². The molecule has 4 rings (SSSR count). The first-order valence-electron chi connectivity index (χ1n) is 8.46. The van der Waals surface area contributed by atoms with Gasteiger partial charge in [-0.2, -0.15) is 0 Å². The van der Waals surface area contributed by atoms with Crippen molar-refractivity contribution in [2.24, 2.45) is 7.05 Å². The van der Waals surface area contributed by atoms with Crippen molar-refractivity contribution in [2.75, 3.05) is 12.4 Å². The van der Waals surface area contributed by atoms with Crippen LogP contribution in [0.2, 0.25) is 0 Å². The number of hydrogen-bond acceptors (Lipinski definition) is 5. The molecule has 138 valence electrons. The number of carbonyl (C=O) groups excluding carboxylic acids is 1. The molecular formula is C19H18N4O3S. The van der Waals surface area contributed by atoms with Crippen molar-refractivity contribution >= 4 is 43.6 Å². The topological polar surface area (TPSA) is 78.1 Å². The van der Waals surface area contributed by atoms with E-state index in [9.17, 15) is 9.59 Å². The van der Waals surface area contributed by atoms with Crippen LogP contribution in [0, 0.1) is 0 Å². The first-order chi connectivity index (χ1) is 13.1. The van der Waals surface area contributed by atoms with E-state index in [-0.39, 0.29) is 18.0 Å². The zero-order valence-corrected chi connectivity index (χ0v) is 15.7. The third-order valence-corrected chi connectivity index (χ3v) is 5.40. The molecule has 1 amide bonds. The van der Waals surface area contributed by atoms with E-state index in [0.717, 1.165) is 21.3 Å². The SMILES string of the molecule is COc1cccc2sc(NC(=O)CCn3c(=O)n(C)c4ccccc43)nc12. The Kier molecular flexibility index (Phi) is 4.41. The maximum absolute atomic E-state index is 12.4. The van der Waals surface area contributed by atoms with E-state index < -0.39 is 0 Å². The molecule has 0 saturated carbocycles. The van der Waals surface area contributed by atoms with Crippen LogP contribution in [0.3, 0.4) is 0 Å². The summed E-state index contributed by atoms with van der Waals surface area (Å²) in [6, 6.07) is 13.2. The predicted molar refractivity (Wildman–Crippen MR) is 107 cm³/mol. The molecule has 2 aromatic heterocycles. The molecule has 1 N–H and O–H groups in total. The summed E-state index contributed by atoms with van der Waals surface area (Å²) >= 11 is 1.39. The number of para-hydroxylation sites is 3. The number of ether oxygens (including phenoxy) is 1. The van der Waals surface area contributed by atoms with Gasteiger partial charge in [0.15, 0.2) is 5.13 Å². The first-order valence-corrected chi connectivity index (χ1v) is 9.28. The largest absolute Gasteiger partial charge is 0.494 e. The van der Waals surface area contributed by atoms with Crippen molar-refractivity contribution < 1.29 is 9.53 Å². The summed E-state index contributed by atoms with van der Waals surface area (Å²) in [5.74, 6) is 0.486. The van der Waals surface area contributed by atoms with Gasteiger partial charge in [-0.05, 0) is 24.3 Å². The molecule has 0 unspecified atom stereocenters.